The zero-order valence-electron chi connectivity index (χ0n) is 5.63. The first-order chi connectivity index (χ1) is 4.22. The first-order valence-electron chi connectivity index (χ1n) is 3.04. The van der Waals surface area contributed by atoms with Gasteiger partial charge >= 0.3 is 0 Å². The smallest absolute Gasteiger partial charge is 0.164 e. The Balaban J connectivity index is 3.58. The molecule has 52 valence electrons. The number of aliphatic hydroxyl groups excluding tert-OH is 1. The van der Waals surface area contributed by atoms with Crippen molar-refractivity contribution in [2.24, 2.45) is 0 Å². The molecule has 9 heavy (non-hydrogen) atoms. The SMILES string of the molecule is C=CCC(=O)C(O)CC. The van der Waals surface area contributed by atoms with E-state index in [2.05, 4.69) is 6.58 Å². The molecule has 0 spiro atoms. The molecule has 0 saturated carbocycles. The van der Waals surface area contributed by atoms with Gasteiger partial charge in [0.15, 0.2) is 5.78 Å². The lowest BCUT2D eigenvalue weighted by Gasteiger charge is -2.01. The molecule has 0 saturated heterocycles. The van der Waals surface area contributed by atoms with E-state index < -0.39 is 6.10 Å². The fourth-order valence-corrected chi connectivity index (χ4v) is 0.506. The minimum absolute atomic E-state index is 0.146. The second-order valence-corrected chi connectivity index (χ2v) is 1.88. The summed E-state index contributed by atoms with van der Waals surface area (Å²) in [4.78, 5) is 10.7. The Hall–Kier alpha value is -0.630. The lowest BCUT2D eigenvalue weighted by atomic mass is 10.1. The second kappa shape index (κ2) is 4.27. The first-order valence-corrected chi connectivity index (χ1v) is 3.04. The maximum atomic E-state index is 10.7. The Morgan fingerprint density at radius 1 is 1.89 bits per heavy atom. The van der Waals surface area contributed by atoms with Crippen molar-refractivity contribution in [3.05, 3.63) is 12.7 Å². The monoisotopic (exact) mass is 128 g/mol. The average molecular weight is 128 g/mol. The van der Waals surface area contributed by atoms with Gasteiger partial charge in [-0.2, -0.15) is 0 Å². The fourth-order valence-electron chi connectivity index (χ4n) is 0.506. The van der Waals surface area contributed by atoms with Gasteiger partial charge in [0, 0.05) is 6.42 Å². The van der Waals surface area contributed by atoms with E-state index in [0.717, 1.165) is 0 Å². The quantitative estimate of drug-likeness (QED) is 0.571. The minimum atomic E-state index is -0.789. The van der Waals surface area contributed by atoms with Crippen LogP contribution in [0.25, 0.3) is 0 Å². The van der Waals surface area contributed by atoms with E-state index in [0.29, 0.717) is 6.42 Å². The first kappa shape index (κ1) is 8.37. The summed E-state index contributed by atoms with van der Waals surface area (Å²) in [5.74, 6) is -0.146. The van der Waals surface area contributed by atoms with Crippen LogP contribution in [0.5, 0.6) is 0 Å². The van der Waals surface area contributed by atoms with Crippen LogP contribution in [0.15, 0.2) is 12.7 Å². The van der Waals surface area contributed by atoms with Gasteiger partial charge in [0.1, 0.15) is 6.10 Å². The van der Waals surface area contributed by atoms with E-state index in [-0.39, 0.29) is 12.2 Å². The maximum absolute atomic E-state index is 10.7. The van der Waals surface area contributed by atoms with Crippen molar-refractivity contribution < 1.29 is 9.90 Å². The number of aliphatic hydroxyl groups is 1. The number of rotatable bonds is 4. The molecule has 0 heterocycles. The van der Waals surface area contributed by atoms with E-state index >= 15 is 0 Å². The molecule has 0 amide bonds. The van der Waals surface area contributed by atoms with Gasteiger partial charge in [-0.25, -0.2) is 0 Å². The zero-order chi connectivity index (χ0) is 7.28. The van der Waals surface area contributed by atoms with Crippen LogP contribution in [-0.4, -0.2) is 17.0 Å². The molecule has 0 radical (unpaired) electrons. The number of ketones is 1. The van der Waals surface area contributed by atoms with Gasteiger partial charge < -0.3 is 5.11 Å². The van der Waals surface area contributed by atoms with Gasteiger partial charge in [0.25, 0.3) is 0 Å². The summed E-state index contributed by atoms with van der Waals surface area (Å²) >= 11 is 0. The Morgan fingerprint density at radius 2 is 2.44 bits per heavy atom. The third-order valence-corrected chi connectivity index (χ3v) is 1.10. The van der Waals surface area contributed by atoms with Crippen LogP contribution in [0.4, 0.5) is 0 Å². The number of Topliss-reactive ketones (excluding diaryl/α,β-unsaturated/α-hetero) is 1. The van der Waals surface area contributed by atoms with Crippen molar-refractivity contribution in [3.8, 4) is 0 Å². The predicted octanol–water partition coefficient (Wildman–Crippen LogP) is 0.902. The number of allylic oxidation sites excluding steroid dienone is 1. The molecule has 0 rings (SSSR count). The molecule has 0 aromatic carbocycles. The summed E-state index contributed by atoms with van der Waals surface area (Å²) in [6.45, 7) is 5.15. The summed E-state index contributed by atoms with van der Waals surface area (Å²) in [7, 11) is 0. The van der Waals surface area contributed by atoms with E-state index in [1.165, 1.54) is 6.08 Å². The van der Waals surface area contributed by atoms with Crippen molar-refractivity contribution in [1.29, 1.82) is 0 Å². The highest BCUT2D eigenvalue weighted by atomic mass is 16.3. The van der Waals surface area contributed by atoms with Gasteiger partial charge in [-0.05, 0) is 6.42 Å². The minimum Gasteiger partial charge on any atom is -0.385 e. The highest BCUT2D eigenvalue weighted by molar-refractivity contribution is 5.83. The summed E-state index contributed by atoms with van der Waals surface area (Å²) in [6, 6.07) is 0. The molecule has 1 N–H and O–H groups in total. The predicted molar refractivity (Wildman–Crippen MR) is 36.1 cm³/mol. The average Bonchev–Trinajstić information content (AvgIpc) is 1.87. The molecule has 0 aliphatic heterocycles. The molecule has 0 aromatic heterocycles. The molecular weight excluding hydrogens is 116 g/mol. The molecule has 0 aromatic rings. The third kappa shape index (κ3) is 3.03. The van der Waals surface area contributed by atoms with E-state index in [1.807, 2.05) is 0 Å². The topological polar surface area (TPSA) is 37.3 Å². The van der Waals surface area contributed by atoms with Crippen LogP contribution in [0, 0.1) is 0 Å². The molecule has 0 fully saturated rings. The van der Waals surface area contributed by atoms with Crippen molar-refractivity contribution in [1.82, 2.24) is 0 Å². The molecule has 2 heteroatoms. The van der Waals surface area contributed by atoms with Crippen molar-refractivity contribution in [3.63, 3.8) is 0 Å². The van der Waals surface area contributed by atoms with Gasteiger partial charge in [-0.3, -0.25) is 4.79 Å². The number of carbonyl (C=O) groups is 1. The highest BCUT2D eigenvalue weighted by Gasteiger charge is 2.08. The summed E-state index contributed by atoms with van der Waals surface area (Å²) in [5.41, 5.74) is 0. The lowest BCUT2D eigenvalue weighted by molar-refractivity contribution is -0.126. The van der Waals surface area contributed by atoms with Crippen LogP contribution >= 0.6 is 0 Å². The molecular formula is C7H12O2. The van der Waals surface area contributed by atoms with Crippen LogP contribution in [0.2, 0.25) is 0 Å². The normalized spacial score (nSPS) is 12.7. The van der Waals surface area contributed by atoms with Crippen LogP contribution in [0.3, 0.4) is 0 Å². The molecule has 1 atom stereocenters. The molecule has 1 unspecified atom stereocenters. The molecule has 2 nitrogen and oxygen atoms in total. The van der Waals surface area contributed by atoms with Gasteiger partial charge in [0.2, 0.25) is 0 Å². The van der Waals surface area contributed by atoms with Crippen molar-refractivity contribution in [2.75, 3.05) is 0 Å². The highest BCUT2D eigenvalue weighted by Crippen LogP contribution is 1.95. The maximum Gasteiger partial charge on any atom is 0.164 e. The largest absolute Gasteiger partial charge is 0.385 e. The lowest BCUT2D eigenvalue weighted by Crippen LogP contribution is -2.17. The standard InChI is InChI=1S/C7H12O2/c1-3-5-7(9)6(8)4-2/h3,6,8H,1,4-5H2,2H3. The van der Waals surface area contributed by atoms with E-state index in [9.17, 15) is 4.79 Å². The van der Waals surface area contributed by atoms with Crippen molar-refractivity contribution >= 4 is 5.78 Å². The van der Waals surface area contributed by atoms with Gasteiger partial charge in [-0.15, -0.1) is 6.58 Å². The molecule has 0 bridgehead atoms. The Bertz CT molecular complexity index is 107. The number of carbonyl (C=O) groups excluding carboxylic acids is 1. The van der Waals surface area contributed by atoms with Crippen molar-refractivity contribution in [2.45, 2.75) is 25.9 Å². The van der Waals surface area contributed by atoms with Crippen LogP contribution in [0.1, 0.15) is 19.8 Å². The zero-order valence-corrected chi connectivity index (χ0v) is 5.63. The second-order valence-electron chi connectivity index (χ2n) is 1.88. The summed E-state index contributed by atoms with van der Waals surface area (Å²) in [6.07, 6.45) is 1.48. The Labute approximate surface area is 55.2 Å². The van der Waals surface area contributed by atoms with E-state index in [1.54, 1.807) is 6.92 Å². The number of hydrogen-bond acceptors (Lipinski definition) is 2. The number of hydrogen-bond donors (Lipinski definition) is 1. The van der Waals surface area contributed by atoms with Crippen LogP contribution in [-0.2, 0) is 4.79 Å². The van der Waals surface area contributed by atoms with E-state index in [4.69, 9.17) is 5.11 Å². The molecule has 0 aliphatic carbocycles. The van der Waals surface area contributed by atoms with Gasteiger partial charge in [-0.1, -0.05) is 13.0 Å². The summed E-state index contributed by atoms with van der Waals surface area (Å²) in [5, 5.41) is 8.86. The van der Waals surface area contributed by atoms with Crippen LogP contribution < -0.4 is 0 Å². The Kier molecular flexibility index (Phi) is 3.97. The summed E-state index contributed by atoms with van der Waals surface area (Å²) < 4.78 is 0. The fraction of sp³-hybridized carbons (Fsp3) is 0.571. The Morgan fingerprint density at radius 3 is 2.78 bits per heavy atom. The van der Waals surface area contributed by atoms with Gasteiger partial charge in [0.05, 0.1) is 0 Å². The molecule has 0 aliphatic rings. The third-order valence-electron chi connectivity index (χ3n) is 1.10.